The molecule has 0 spiro atoms. The number of ether oxygens (including phenoxy) is 2. The number of hydrogen-bond acceptors (Lipinski definition) is 5. The Hall–Kier alpha value is -2.67. The summed E-state index contributed by atoms with van der Waals surface area (Å²) >= 11 is 3.44. The standard InChI is InChI=1S/C24H28BrN3O3/c1-6-15(4)23-27-20-10-9-18(25)13-19(20)24(29)28(23)26-14-17-12-22(31-8-3)21(30-7-2)11-16(17)5/h9-15H,6-8H2,1-5H3/t15-/m1/s1. The predicted octanol–water partition coefficient (Wildman–Crippen LogP) is 5.66. The zero-order valence-corrected chi connectivity index (χ0v) is 20.2. The van der Waals surface area contributed by atoms with Gasteiger partial charge in [0.1, 0.15) is 5.82 Å². The molecule has 7 heteroatoms. The molecule has 1 aromatic heterocycles. The molecule has 0 aliphatic heterocycles. The van der Waals surface area contributed by atoms with E-state index in [9.17, 15) is 4.79 Å². The predicted molar refractivity (Wildman–Crippen MR) is 129 cm³/mol. The van der Waals surface area contributed by atoms with Crippen LogP contribution < -0.4 is 15.0 Å². The highest BCUT2D eigenvalue weighted by Crippen LogP contribution is 2.30. The number of nitrogens with zero attached hydrogens (tertiary/aromatic N) is 3. The van der Waals surface area contributed by atoms with E-state index < -0.39 is 0 Å². The zero-order valence-electron chi connectivity index (χ0n) is 18.6. The van der Waals surface area contributed by atoms with Crippen molar-refractivity contribution in [2.75, 3.05) is 13.2 Å². The van der Waals surface area contributed by atoms with Crippen LogP contribution in [0.2, 0.25) is 0 Å². The smallest absolute Gasteiger partial charge is 0.282 e. The monoisotopic (exact) mass is 485 g/mol. The van der Waals surface area contributed by atoms with Crippen molar-refractivity contribution in [1.82, 2.24) is 9.66 Å². The van der Waals surface area contributed by atoms with Gasteiger partial charge in [0.25, 0.3) is 5.56 Å². The Morgan fingerprint density at radius 2 is 1.81 bits per heavy atom. The lowest BCUT2D eigenvalue weighted by Gasteiger charge is -2.15. The van der Waals surface area contributed by atoms with Crippen molar-refractivity contribution in [3.05, 3.63) is 62.1 Å². The Labute approximate surface area is 191 Å². The number of rotatable bonds is 8. The van der Waals surface area contributed by atoms with E-state index in [0.29, 0.717) is 41.4 Å². The molecule has 0 N–H and O–H groups in total. The van der Waals surface area contributed by atoms with Gasteiger partial charge in [-0.25, -0.2) is 4.98 Å². The van der Waals surface area contributed by atoms with Crippen molar-refractivity contribution in [2.24, 2.45) is 5.10 Å². The van der Waals surface area contributed by atoms with Gasteiger partial charge in [0, 0.05) is 16.0 Å². The Balaban J connectivity index is 2.15. The van der Waals surface area contributed by atoms with Gasteiger partial charge >= 0.3 is 0 Å². The van der Waals surface area contributed by atoms with E-state index in [1.165, 1.54) is 4.68 Å². The third-order valence-corrected chi connectivity index (χ3v) is 5.62. The molecule has 0 saturated heterocycles. The van der Waals surface area contributed by atoms with Gasteiger partial charge in [-0.05, 0) is 63.1 Å². The average molecular weight is 486 g/mol. The fourth-order valence-electron chi connectivity index (χ4n) is 3.25. The maximum Gasteiger partial charge on any atom is 0.282 e. The Morgan fingerprint density at radius 1 is 1.13 bits per heavy atom. The minimum atomic E-state index is -0.188. The summed E-state index contributed by atoms with van der Waals surface area (Å²) < 4.78 is 13.7. The molecule has 0 unspecified atom stereocenters. The largest absolute Gasteiger partial charge is 0.490 e. The molecular weight excluding hydrogens is 458 g/mol. The zero-order chi connectivity index (χ0) is 22.5. The lowest BCUT2D eigenvalue weighted by atomic mass is 10.1. The van der Waals surface area contributed by atoms with Gasteiger partial charge in [-0.15, -0.1) is 0 Å². The number of benzene rings is 2. The maximum atomic E-state index is 13.3. The van der Waals surface area contributed by atoms with Crippen LogP contribution in [0.3, 0.4) is 0 Å². The number of halogens is 1. The van der Waals surface area contributed by atoms with Crippen molar-refractivity contribution in [1.29, 1.82) is 0 Å². The Bertz CT molecular complexity index is 1170. The summed E-state index contributed by atoms with van der Waals surface area (Å²) in [6.07, 6.45) is 2.53. The second kappa shape index (κ2) is 10.1. The van der Waals surface area contributed by atoms with Crippen molar-refractivity contribution in [2.45, 2.75) is 47.0 Å². The minimum absolute atomic E-state index is 0.0818. The summed E-state index contributed by atoms with van der Waals surface area (Å²) in [6, 6.07) is 9.36. The van der Waals surface area contributed by atoms with Gasteiger partial charge in [-0.3, -0.25) is 4.79 Å². The minimum Gasteiger partial charge on any atom is -0.490 e. The van der Waals surface area contributed by atoms with Crippen LogP contribution in [0.25, 0.3) is 10.9 Å². The first-order chi connectivity index (χ1) is 14.9. The first kappa shape index (κ1) is 23.0. The highest BCUT2D eigenvalue weighted by Gasteiger charge is 2.16. The second-order valence-electron chi connectivity index (χ2n) is 7.32. The van der Waals surface area contributed by atoms with E-state index in [2.05, 4.69) is 28.0 Å². The number of aromatic nitrogens is 2. The molecule has 0 bridgehead atoms. The van der Waals surface area contributed by atoms with Crippen LogP contribution in [0.1, 0.15) is 57.0 Å². The molecule has 0 aliphatic carbocycles. The van der Waals surface area contributed by atoms with Crippen LogP contribution in [0.15, 0.2) is 44.7 Å². The van der Waals surface area contributed by atoms with Gasteiger partial charge in [0.2, 0.25) is 0 Å². The lowest BCUT2D eigenvalue weighted by Crippen LogP contribution is -2.23. The van der Waals surface area contributed by atoms with Crippen molar-refractivity contribution in [3.63, 3.8) is 0 Å². The summed E-state index contributed by atoms with van der Waals surface area (Å²) in [7, 11) is 0. The van der Waals surface area contributed by atoms with Crippen LogP contribution in [0.5, 0.6) is 11.5 Å². The molecule has 6 nitrogen and oxygen atoms in total. The van der Waals surface area contributed by atoms with Crippen LogP contribution in [0.4, 0.5) is 0 Å². The third-order valence-electron chi connectivity index (χ3n) is 5.13. The summed E-state index contributed by atoms with van der Waals surface area (Å²) in [6.45, 7) is 11.1. The number of hydrogen-bond donors (Lipinski definition) is 0. The molecule has 31 heavy (non-hydrogen) atoms. The van der Waals surface area contributed by atoms with E-state index in [-0.39, 0.29) is 11.5 Å². The summed E-state index contributed by atoms with van der Waals surface area (Å²) in [5.74, 6) is 2.09. The molecule has 1 atom stereocenters. The maximum absolute atomic E-state index is 13.3. The van der Waals surface area contributed by atoms with E-state index in [4.69, 9.17) is 14.5 Å². The number of fused-ring (bicyclic) bond motifs is 1. The topological polar surface area (TPSA) is 65.7 Å². The van der Waals surface area contributed by atoms with Crippen LogP contribution in [-0.4, -0.2) is 29.1 Å². The molecule has 0 amide bonds. The quantitative estimate of drug-likeness (QED) is 0.386. The molecule has 3 aromatic rings. The summed E-state index contributed by atoms with van der Waals surface area (Å²) in [4.78, 5) is 18.0. The molecule has 164 valence electrons. The molecule has 0 saturated carbocycles. The Kier molecular flexibility index (Phi) is 7.49. The normalized spacial score (nSPS) is 12.5. The van der Waals surface area contributed by atoms with E-state index in [1.54, 1.807) is 12.3 Å². The first-order valence-corrected chi connectivity index (χ1v) is 11.4. The van der Waals surface area contributed by atoms with E-state index >= 15 is 0 Å². The van der Waals surface area contributed by atoms with Gasteiger partial charge in [-0.1, -0.05) is 29.8 Å². The van der Waals surface area contributed by atoms with Gasteiger partial charge in [0.15, 0.2) is 11.5 Å². The van der Waals surface area contributed by atoms with Crippen LogP contribution in [-0.2, 0) is 0 Å². The first-order valence-electron chi connectivity index (χ1n) is 10.6. The molecule has 3 rings (SSSR count). The molecule has 0 fully saturated rings. The SMILES string of the molecule is CCOc1cc(C)c(C=Nn2c([C@H](C)CC)nc3ccc(Br)cc3c2=O)cc1OCC. The Morgan fingerprint density at radius 3 is 2.45 bits per heavy atom. The van der Waals surface area contributed by atoms with E-state index in [1.807, 2.05) is 52.0 Å². The van der Waals surface area contributed by atoms with E-state index in [0.717, 1.165) is 22.0 Å². The fourth-order valence-corrected chi connectivity index (χ4v) is 3.61. The highest BCUT2D eigenvalue weighted by atomic mass is 79.9. The van der Waals surface area contributed by atoms with Crippen molar-refractivity contribution < 1.29 is 9.47 Å². The van der Waals surface area contributed by atoms with Crippen LogP contribution >= 0.6 is 15.9 Å². The fraction of sp³-hybridized carbons (Fsp3) is 0.375. The highest BCUT2D eigenvalue weighted by molar-refractivity contribution is 9.10. The average Bonchev–Trinajstić information content (AvgIpc) is 2.75. The number of aryl methyl sites for hydroxylation is 1. The second-order valence-corrected chi connectivity index (χ2v) is 8.24. The van der Waals surface area contributed by atoms with Gasteiger partial charge < -0.3 is 9.47 Å². The van der Waals surface area contributed by atoms with Crippen molar-refractivity contribution in [3.8, 4) is 11.5 Å². The molecule has 0 aliphatic rings. The molecule has 2 aromatic carbocycles. The lowest BCUT2D eigenvalue weighted by molar-refractivity contribution is 0.287. The van der Waals surface area contributed by atoms with Gasteiger partial charge in [0.05, 0.1) is 30.3 Å². The van der Waals surface area contributed by atoms with Gasteiger partial charge in [-0.2, -0.15) is 9.78 Å². The molecular formula is C24H28BrN3O3. The molecule has 1 heterocycles. The van der Waals surface area contributed by atoms with Crippen molar-refractivity contribution >= 4 is 33.0 Å². The summed E-state index contributed by atoms with van der Waals surface area (Å²) in [5.41, 5.74) is 2.31. The molecule has 0 radical (unpaired) electrons. The summed E-state index contributed by atoms with van der Waals surface area (Å²) in [5, 5.41) is 5.09. The van der Waals surface area contributed by atoms with Crippen LogP contribution in [0, 0.1) is 6.92 Å². The third kappa shape index (κ3) is 4.98.